The van der Waals surface area contributed by atoms with Gasteiger partial charge in [0.2, 0.25) is 0 Å². The molecule has 6 nitrogen and oxygen atoms in total. The topological polar surface area (TPSA) is 84.2 Å². The number of nitrogens with zero attached hydrogens (tertiary/aromatic N) is 2. The second kappa shape index (κ2) is 10.7. The predicted molar refractivity (Wildman–Crippen MR) is 136 cm³/mol. The van der Waals surface area contributed by atoms with Crippen LogP contribution in [0.2, 0.25) is 0 Å². The summed E-state index contributed by atoms with van der Waals surface area (Å²) in [7, 11) is 0. The van der Waals surface area contributed by atoms with Gasteiger partial charge >= 0.3 is 5.97 Å². The van der Waals surface area contributed by atoms with E-state index in [4.69, 9.17) is 4.98 Å². The zero-order valence-electron chi connectivity index (χ0n) is 19.4. The van der Waals surface area contributed by atoms with E-state index in [9.17, 15) is 14.7 Å². The Labute approximate surface area is 203 Å². The molecule has 2 aromatic carbocycles. The Morgan fingerprint density at radius 3 is 2.47 bits per heavy atom. The number of carbonyl (C=O) groups is 2. The summed E-state index contributed by atoms with van der Waals surface area (Å²) in [5.41, 5.74) is 3.01. The Morgan fingerprint density at radius 1 is 1.06 bits per heavy atom. The number of fused-ring (bicyclic) bond motifs is 1. The summed E-state index contributed by atoms with van der Waals surface area (Å²) in [5.74, 6) is -0.493. The second-order valence-electron chi connectivity index (χ2n) is 8.38. The van der Waals surface area contributed by atoms with Gasteiger partial charge in [-0.15, -0.1) is 11.3 Å². The van der Waals surface area contributed by atoms with Gasteiger partial charge in [0.15, 0.2) is 0 Å². The highest BCUT2D eigenvalue weighted by Crippen LogP contribution is 2.28. The molecule has 176 valence electrons. The molecule has 4 rings (SSSR count). The molecule has 1 amide bonds. The van der Waals surface area contributed by atoms with Crippen LogP contribution in [0.4, 0.5) is 0 Å². The molecule has 1 atom stereocenters. The van der Waals surface area contributed by atoms with Gasteiger partial charge in [0.25, 0.3) is 5.91 Å². The standard InChI is InChI=1S/C27H29N3O3S/c1-3-20(4-2)30-24-13-12-19(16-22(24)28-25(30)17-21-11-8-14-34-21)26(31)29-23(27(32)33)15-18-9-6-5-7-10-18/h5-14,16,20,23H,3-4,15,17H2,1-2H3,(H,29,31)(H,32,33)/t23-/m0/s1. The molecule has 4 aromatic rings. The van der Waals surface area contributed by atoms with Crippen LogP contribution in [0.15, 0.2) is 66.0 Å². The number of imidazole rings is 1. The first-order valence-electron chi connectivity index (χ1n) is 11.6. The Morgan fingerprint density at radius 2 is 1.82 bits per heavy atom. The van der Waals surface area contributed by atoms with E-state index in [0.29, 0.717) is 11.6 Å². The highest BCUT2D eigenvalue weighted by atomic mass is 32.1. The number of carboxylic acid groups (broad SMARTS) is 1. The van der Waals surface area contributed by atoms with Gasteiger partial charge in [-0.05, 0) is 48.1 Å². The van der Waals surface area contributed by atoms with Gasteiger partial charge in [-0.3, -0.25) is 4.79 Å². The fraction of sp³-hybridized carbons (Fsp3) is 0.296. The second-order valence-corrected chi connectivity index (χ2v) is 9.41. The first-order valence-corrected chi connectivity index (χ1v) is 12.5. The maximum Gasteiger partial charge on any atom is 0.326 e. The highest BCUT2D eigenvalue weighted by molar-refractivity contribution is 7.09. The minimum absolute atomic E-state index is 0.221. The summed E-state index contributed by atoms with van der Waals surface area (Å²) >= 11 is 1.71. The number of carbonyl (C=O) groups excluding carboxylic acids is 1. The van der Waals surface area contributed by atoms with Gasteiger partial charge in [-0.1, -0.05) is 50.2 Å². The van der Waals surface area contributed by atoms with Crippen LogP contribution >= 0.6 is 11.3 Å². The molecule has 0 unspecified atom stereocenters. The Balaban J connectivity index is 1.63. The lowest BCUT2D eigenvalue weighted by Gasteiger charge is -2.19. The van der Waals surface area contributed by atoms with Crippen LogP contribution in [0.3, 0.4) is 0 Å². The van der Waals surface area contributed by atoms with Crippen molar-refractivity contribution in [3.05, 3.63) is 87.9 Å². The van der Waals surface area contributed by atoms with Gasteiger partial charge in [0, 0.05) is 29.3 Å². The summed E-state index contributed by atoms with van der Waals surface area (Å²) in [4.78, 5) is 30.9. The number of hydrogen-bond acceptors (Lipinski definition) is 4. The van der Waals surface area contributed by atoms with Crippen LogP contribution < -0.4 is 5.32 Å². The summed E-state index contributed by atoms with van der Waals surface area (Å²) in [6.07, 6.45) is 2.93. The molecule has 0 spiro atoms. The van der Waals surface area contributed by atoms with Crippen LogP contribution in [-0.4, -0.2) is 32.6 Å². The third-order valence-corrected chi connectivity index (χ3v) is 7.01. The number of rotatable bonds is 10. The maximum atomic E-state index is 13.0. The molecule has 0 aliphatic carbocycles. The number of thiophene rings is 1. The third kappa shape index (κ3) is 5.20. The quantitative estimate of drug-likeness (QED) is 0.318. The highest BCUT2D eigenvalue weighted by Gasteiger charge is 2.23. The van der Waals surface area contributed by atoms with Gasteiger partial charge in [-0.2, -0.15) is 0 Å². The third-order valence-electron chi connectivity index (χ3n) is 6.13. The van der Waals surface area contributed by atoms with E-state index in [1.807, 2.05) is 42.5 Å². The van der Waals surface area contributed by atoms with Gasteiger partial charge in [0.05, 0.1) is 11.0 Å². The molecule has 2 N–H and O–H groups in total. The number of carboxylic acids is 1. The number of hydrogen-bond donors (Lipinski definition) is 2. The fourth-order valence-corrected chi connectivity index (χ4v) is 5.04. The summed E-state index contributed by atoms with van der Waals surface area (Å²) < 4.78 is 2.30. The van der Waals surface area contributed by atoms with Crippen molar-refractivity contribution in [2.45, 2.75) is 51.6 Å². The minimum Gasteiger partial charge on any atom is -0.480 e. The molecule has 34 heavy (non-hydrogen) atoms. The minimum atomic E-state index is -1.06. The normalized spacial score (nSPS) is 12.2. The molecule has 0 fully saturated rings. The molecule has 0 radical (unpaired) electrons. The van der Waals surface area contributed by atoms with E-state index in [1.54, 1.807) is 23.5 Å². The SMILES string of the molecule is CCC(CC)n1c(Cc2cccs2)nc2cc(C(=O)N[C@@H](Cc3ccccc3)C(=O)O)ccc21. The van der Waals surface area contributed by atoms with Crippen molar-refractivity contribution >= 4 is 34.2 Å². The zero-order chi connectivity index (χ0) is 24.1. The van der Waals surface area contributed by atoms with E-state index >= 15 is 0 Å². The largest absolute Gasteiger partial charge is 0.480 e. The van der Waals surface area contributed by atoms with Crippen molar-refractivity contribution in [1.29, 1.82) is 0 Å². The monoisotopic (exact) mass is 475 g/mol. The van der Waals surface area contributed by atoms with Gasteiger partial charge in [-0.25, -0.2) is 9.78 Å². The summed E-state index contributed by atoms with van der Waals surface area (Å²) in [6, 6.07) is 18.2. The average Bonchev–Trinajstić information content (AvgIpc) is 3.48. The molecule has 0 saturated heterocycles. The number of aliphatic carboxylic acids is 1. The van der Waals surface area contributed by atoms with E-state index in [0.717, 1.165) is 41.7 Å². The van der Waals surface area contributed by atoms with E-state index in [2.05, 4.69) is 35.2 Å². The zero-order valence-corrected chi connectivity index (χ0v) is 20.2. The molecule has 7 heteroatoms. The maximum absolute atomic E-state index is 13.0. The number of benzene rings is 2. The molecule has 0 bridgehead atoms. The molecule has 0 saturated carbocycles. The summed E-state index contributed by atoms with van der Waals surface area (Å²) in [5, 5.41) is 14.4. The van der Waals surface area contributed by atoms with Crippen LogP contribution in [0, 0.1) is 0 Å². The van der Waals surface area contributed by atoms with Crippen molar-refractivity contribution < 1.29 is 14.7 Å². The first kappa shape index (κ1) is 23.7. The van der Waals surface area contributed by atoms with Crippen LogP contribution in [0.25, 0.3) is 11.0 Å². The lowest BCUT2D eigenvalue weighted by molar-refractivity contribution is -0.139. The molecule has 2 aromatic heterocycles. The number of aromatic nitrogens is 2. The molecule has 2 heterocycles. The summed E-state index contributed by atoms with van der Waals surface area (Å²) in [6.45, 7) is 4.35. The number of nitrogens with one attached hydrogen (secondary N) is 1. The number of amides is 1. The van der Waals surface area contributed by atoms with E-state index in [1.165, 1.54) is 4.88 Å². The van der Waals surface area contributed by atoms with E-state index in [-0.39, 0.29) is 6.42 Å². The van der Waals surface area contributed by atoms with Crippen molar-refractivity contribution in [3.8, 4) is 0 Å². The van der Waals surface area contributed by atoms with Crippen LogP contribution in [0.5, 0.6) is 0 Å². The Hall–Kier alpha value is -3.45. The predicted octanol–water partition coefficient (Wildman–Crippen LogP) is 5.48. The smallest absolute Gasteiger partial charge is 0.326 e. The Bertz CT molecular complexity index is 1260. The first-order chi connectivity index (χ1) is 16.5. The van der Waals surface area contributed by atoms with Crippen LogP contribution in [-0.2, 0) is 17.6 Å². The van der Waals surface area contributed by atoms with Crippen molar-refractivity contribution in [1.82, 2.24) is 14.9 Å². The van der Waals surface area contributed by atoms with E-state index < -0.39 is 17.9 Å². The molecular weight excluding hydrogens is 446 g/mol. The van der Waals surface area contributed by atoms with Gasteiger partial charge in [0.1, 0.15) is 11.9 Å². The van der Waals surface area contributed by atoms with Crippen molar-refractivity contribution in [2.75, 3.05) is 0 Å². The molecule has 0 aliphatic rings. The van der Waals surface area contributed by atoms with Gasteiger partial charge < -0.3 is 15.0 Å². The van der Waals surface area contributed by atoms with Crippen molar-refractivity contribution in [3.63, 3.8) is 0 Å². The lowest BCUT2D eigenvalue weighted by atomic mass is 10.1. The molecule has 0 aliphatic heterocycles. The average molecular weight is 476 g/mol. The Kier molecular flexibility index (Phi) is 7.43. The van der Waals surface area contributed by atoms with Crippen molar-refractivity contribution in [2.24, 2.45) is 0 Å². The van der Waals surface area contributed by atoms with Crippen LogP contribution in [0.1, 0.15) is 59.4 Å². The lowest BCUT2D eigenvalue weighted by Crippen LogP contribution is -2.42. The molecular formula is C27H29N3O3S. The fourth-order valence-electron chi connectivity index (χ4n) is 4.34.